The Balaban J connectivity index is 1.27. The van der Waals surface area contributed by atoms with Gasteiger partial charge in [0.25, 0.3) is 5.91 Å². The third-order valence-corrected chi connectivity index (χ3v) is 6.83. The van der Waals surface area contributed by atoms with E-state index < -0.39 is 23.1 Å². The van der Waals surface area contributed by atoms with Crippen molar-refractivity contribution in [1.82, 2.24) is 9.80 Å². The Hall–Kier alpha value is -2.71. The number of anilines is 1. The number of nitrogens with one attached hydrogen (secondary N) is 1. The van der Waals surface area contributed by atoms with Crippen molar-refractivity contribution in [2.45, 2.75) is 13.3 Å². The minimum absolute atomic E-state index is 0.0324. The Morgan fingerprint density at radius 3 is 2.30 bits per heavy atom. The summed E-state index contributed by atoms with van der Waals surface area (Å²) < 4.78 is 33.5. The largest absolute Gasteiger partial charge is 0.497 e. The fraction of sp³-hybridized carbons (Fsp3) is 0.417. The van der Waals surface area contributed by atoms with E-state index in [1.807, 2.05) is 19.1 Å². The number of amides is 2. The quantitative estimate of drug-likeness (QED) is 0.684. The molecule has 2 atom stereocenters. The Kier molecular flexibility index (Phi) is 6.86. The average Bonchev–Trinajstić information content (AvgIpc) is 3.33. The van der Waals surface area contributed by atoms with Gasteiger partial charge in [-0.25, -0.2) is 8.78 Å². The highest BCUT2D eigenvalue weighted by Gasteiger charge is 2.42. The van der Waals surface area contributed by atoms with E-state index in [0.29, 0.717) is 36.8 Å². The highest BCUT2D eigenvalue weighted by Crippen LogP contribution is 2.33. The molecule has 9 heteroatoms. The molecule has 2 amide bonds. The lowest BCUT2D eigenvalue weighted by Gasteiger charge is -2.22. The van der Waals surface area contributed by atoms with Crippen LogP contribution in [0, 0.1) is 30.4 Å². The van der Waals surface area contributed by atoms with Gasteiger partial charge in [-0.2, -0.15) is 0 Å². The highest BCUT2D eigenvalue weighted by molar-refractivity contribution is 6.31. The number of hydrogen-bond donors (Lipinski definition) is 1. The van der Waals surface area contributed by atoms with Crippen molar-refractivity contribution in [2.75, 3.05) is 45.2 Å². The number of likely N-dealkylation sites (tertiary alicyclic amines) is 2. The predicted octanol–water partition coefficient (Wildman–Crippen LogP) is 3.97. The van der Waals surface area contributed by atoms with Crippen LogP contribution in [0.1, 0.15) is 22.3 Å². The van der Waals surface area contributed by atoms with Crippen LogP contribution in [0.15, 0.2) is 30.3 Å². The Bertz CT molecular complexity index is 1040. The third-order valence-electron chi connectivity index (χ3n) is 6.42. The van der Waals surface area contributed by atoms with Crippen molar-refractivity contribution >= 4 is 29.1 Å². The van der Waals surface area contributed by atoms with E-state index in [1.54, 1.807) is 6.07 Å². The van der Waals surface area contributed by atoms with E-state index in [2.05, 4.69) is 10.2 Å². The molecule has 0 radical (unpaired) electrons. The molecule has 2 aliphatic rings. The lowest BCUT2D eigenvalue weighted by molar-refractivity contribution is -0.116. The number of nitrogens with zero attached hydrogens (tertiary/aromatic N) is 2. The lowest BCUT2D eigenvalue weighted by atomic mass is 10.0. The van der Waals surface area contributed by atoms with Gasteiger partial charge in [0.2, 0.25) is 5.91 Å². The fourth-order valence-electron chi connectivity index (χ4n) is 4.62. The van der Waals surface area contributed by atoms with Crippen LogP contribution < -0.4 is 10.1 Å². The molecule has 0 saturated carbocycles. The molecule has 2 aliphatic heterocycles. The second-order valence-corrected chi connectivity index (χ2v) is 9.13. The van der Waals surface area contributed by atoms with Crippen molar-refractivity contribution in [3.05, 3.63) is 58.1 Å². The maximum atomic E-state index is 14.3. The molecule has 4 rings (SSSR count). The van der Waals surface area contributed by atoms with E-state index in [1.165, 1.54) is 12.0 Å². The van der Waals surface area contributed by atoms with Crippen molar-refractivity contribution in [2.24, 2.45) is 11.8 Å². The maximum Gasteiger partial charge on any atom is 0.259 e. The molecule has 0 aliphatic carbocycles. The third kappa shape index (κ3) is 5.12. The van der Waals surface area contributed by atoms with Crippen LogP contribution in [-0.4, -0.2) is 61.4 Å². The van der Waals surface area contributed by atoms with E-state index in [4.69, 9.17) is 16.3 Å². The van der Waals surface area contributed by atoms with Gasteiger partial charge < -0.3 is 19.9 Å². The number of carbonyl (C=O) groups is 2. The first-order valence-electron chi connectivity index (χ1n) is 10.9. The first-order valence-corrected chi connectivity index (χ1v) is 11.2. The number of benzene rings is 2. The van der Waals surface area contributed by atoms with Crippen molar-refractivity contribution < 1.29 is 23.1 Å². The van der Waals surface area contributed by atoms with Gasteiger partial charge in [-0.05, 0) is 36.5 Å². The van der Waals surface area contributed by atoms with Gasteiger partial charge in [-0.1, -0.05) is 17.7 Å². The second kappa shape index (κ2) is 9.65. The summed E-state index contributed by atoms with van der Waals surface area (Å²) in [6.45, 7) is 4.88. The van der Waals surface area contributed by atoms with Gasteiger partial charge in [0.05, 0.1) is 7.11 Å². The molecule has 0 spiro atoms. The lowest BCUT2D eigenvalue weighted by Crippen LogP contribution is -2.35. The molecule has 2 aromatic rings. The minimum Gasteiger partial charge on any atom is -0.497 e. The topological polar surface area (TPSA) is 61.9 Å². The summed E-state index contributed by atoms with van der Waals surface area (Å²) in [5.41, 5.74) is 1.07. The summed E-state index contributed by atoms with van der Waals surface area (Å²) in [6, 6.07) is 7.44. The number of fused-ring (bicyclic) bond motifs is 1. The van der Waals surface area contributed by atoms with Gasteiger partial charge >= 0.3 is 0 Å². The van der Waals surface area contributed by atoms with Gasteiger partial charge in [0.15, 0.2) is 0 Å². The van der Waals surface area contributed by atoms with Crippen LogP contribution in [-0.2, 0) is 4.79 Å². The number of aryl methyl sites for hydroxylation is 1. The average molecular weight is 478 g/mol. The minimum atomic E-state index is -0.920. The summed E-state index contributed by atoms with van der Waals surface area (Å²) >= 11 is 6.10. The first kappa shape index (κ1) is 23.4. The molecule has 2 aromatic carbocycles. The Morgan fingerprint density at radius 1 is 1.09 bits per heavy atom. The van der Waals surface area contributed by atoms with Crippen molar-refractivity contribution in [3.63, 3.8) is 0 Å². The summed E-state index contributed by atoms with van der Waals surface area (Å²) in [5.74, 6) is -2.09. The van der Waals surface area contributed by atoms with Crippen LogP contribution in [0.4, 0.5) is 14.5 Å². The molecule has 6 nitrogen and oxygen atoms in total. The van der Waals surface area contributed by atoms with E-state index in [9.17, 15) is 18.4 Å². The van der Waals surface area contributed by atoms with Crippen molar-refractivity contribution in [3.8, 4) is 5.75 Å². The zero-order chi connectivity index (χ0) is 23.7. The molecule has 2 unspecified atom stereocenters. The molecule has 2 fully saturated rings. The number of carbonyl (C=O) groups excluding carboxylic acids is 2. The van der Waals surface area contributed by atoms with Crippen LogP contribution in [0.25, 0.3) is 0 Å². The second-order valence-electron chi connectivity index (χ2n) is 8.72. The number of halogens is 3. The van der Waals surface area contributed by atoms with Crippen molar-refractivity contribution in [1.29, 1.82) is 0 Å². The Labute approximate surface area is 196 Å². The smallest absolute Gasteiger partial charge is 0.259 e. The summed E-state index contributed by atoms with van der Waals surface area (Å²) in [7, 11) is 1.31. The van der Waals surface area contributed by atoms with Gasteiger partial charge in [-0.15, -0.1) is 0 Å². The number of ether oxygens (including phenoxy) is 1. The summed E-state index contributed by atoms with van der Waals surface area (Å²) in [6.07, 6.45) is 0.343. The van der Waals surface area contributed by atoms with E-state index in [0.717, 1.165) is 30.8 Å². The van der Waals surface area contributed by atoms with Gasteiger partial charge in [-0.3, -0.25) is 9.59 Å². The molecular weight excluding hydrogens is 452 g/mol. The van der Waals surface area contributed by atoms with E-state index >= 15 is 0 Å². The SMILES string of the molecule is COc1cc(F)c(C(=O)N2CC3CN(CCC(=O)Nc4ccc(C)c(Cl)c4)CC3C2)c(F)c1. The normalized spacial score (nSPS) is 20.1. The fourth-order valence-corrected chi connectivity index (χ4v) is 4.80. The number of methoxy groups -OCH3 is 1. The number of hydrogen-bond acceptors (Lipinski definition) is 4. The molecule has 2 heterocycles. The maximum absolute atomic E-state index is 14.3. The summed E-state index contributed by atoms with van der Waals surface area (Å²) in [4.78, 5) is 28.8. The van der Waals surface area contributed by atoms with Crippen LogP contribution in [0.2, 0.25) is 5.02 Å². The van der Waals surface area contributed by atoms with Crippen LogP contribution in [0.3, 0.4) is 0 Å². The molecule has 0 bridgehead atoms. The van der Waals surface area contributed by atoms with Gasteiger partial charge in [0.1, 0.15) is 22.9 Å². The molecule has 1 N–H and O–H groups in total. The predicted molar refractivity (Wildman–Crippen MR) is 122 cm³/mol. The standard InChI is InChI=1S/C24H26ClF2N3O3/c1-14-3-4-17(7-19(14)25)28-22(31)5-6-29-10-15-12-30(13-16(15)11-29)24(32)23-20(26)8-18(33-2)9-21(23)27/h3-4,7-9,15-16H,5-6,10-13H2,1-2H3,(H,28,31). The molecule has 176 valence electrons. The van der Waals surface area contributed by atoms with Crippen LogP contribution >= 0.6 is 11.6 Å². The van der Waals surface area contributed by atoms with E-state index in [-0.39, 0.29) is 23.5 Å². The zero-order valence-corrected chi connectivity index (χ0v) is 19.3. The molecular formula is C24H26ClF2N3O3. The van der Waals surface area contributed by atoms with Gasteiger partial charge in [0, 0.05) is 62.0 Å². The first-order chi connectivity index (χ1) is 15.7. The zero-order valence-electron chi connectivity index (χ0n) is 18.5. The molecule has 33 heavy (non-hydrogen) atoms. The Morgan fingerprint density at radius 2 is 1.73 bits per heavy atom. The highest BCUT2D eigenvalue weighted by atomic mass is 35.5. The molecule has 0 aromatic heterocycles. The number of rotatable bonds is 6. The monoisotopic (exact) mass is 477 g/mol. The summed E-state index contributed by atoms with van der Waals surface area (Å²) in [5, 5.41) is 3.47. The van der Waals surface area contributed by atoms with Crippen LogP contribution in [0.5, 0.6) is 5.75 Å². The molecule has 2 saturated heterocycles.